The summed E-state index contributed by atoms with van der Waals surface area (Å²) < 4.78 is 79.7. The van der Waals surface area contributed by atoms with E-state index >= 15 is 0 Å². The Morgan fingerprint density at radius 1 is 0.781 bits per heavy atom. The van der Waals surface area contributed by atoms with Crippen molar-refractivity contribution in [2.75, 3.05) is 0 Å². The van der Waals surface area contributed by atoms with Crippen molar-refractivity contribution in [1.82, 2.24) is 15.6 Å². The van der Waals surface area contributed by atoms with Crippen molar-refractivity contribution < 1.29 is 31.1 Å². The van der Waals surface area contributed by atoms with Crippen LogP contribution < -0.4 is 10.6 Å². The average Bonchev–Trinajstić information content (AvgIpc) is 2.75. The molecule has 0 atom stereocenters. The lowest BCUT2D eigenvalue weighted by atomic mass is 9.97. The number of halogens is 6. The first-order chi connectivity index (χ1) is 15.1. The van der Waals surface area contributed by atoms with E-state index in [2.05, 4.69) is 15.6 Å². The standard InChI is InChI=1S/C22H17F6N3O/c23-21(24,25)16-8-6-15(7-9-16)17-10-11-29-18(19(17)22(26,27)28)13-31-20(32)30-12-14-4-2-1-3-5-14/h1-11H,12-13H2,(H2,30,31,32). The van der Waals surface area contributed by atoms with Crippen molar-refractivity contribution >= 4 is 6.03 Å². The van der Waals surface area contributed by atoms with Gasteiger partial charge in [0, 0.05) is 12.7 Å². The Kier molecular flexibility index (Phi) is 6.71. The third-order valence-corrected chi connectivity index (χ3v) is 4.55. The van der Waals surface area contributed by atoms with Crippen LogP contribution in [0.5, 0.6) is 0 Å². The molecule has 0 bridgehead atoms. The van der Waals surface area contributed by atoms with Crippen molar-refractivity contribution in [1.29, 1.82) is 0 Å². The number of urea groups is 1. The fourth-order valence-electron chi connectivity index (χ4n) is 3.04. The quantitative estimate of drug-likeness (QED) is 0.481. The van der Waals surface area contributed by atoms with E-state index in [-0.39, 0.29) is 17.7 Å². The second kappa shape index (κ2) is 9.29. The molecule has 10 heteroatoms. The topological polar surface area (TPSA) is 54.0 Å². The third kappa shape index (κ3) is 5.77. The molecule has 168 valence electrons. The van der Waals surface area contributed by atoms with Crippen LogP contribution in [0.2, 0.25) is 0 Å². The van der Waals surface area contributed by atoms with Crippen molar-refractivity contribution in [2.24, 2.45) is 0 Å². The first-order valence-electron chi connectivity index (χ1n) is 9.34. The number of amides is 2. The smallest absolute Gasteiger partial charge is 0.334 e. The number of rotatable bonds is 5. The molecule has 0 saturated carbocycles. The molecule has 3 aromatic rings. The maximum atomic E-state index is 13.8. The number of pyridine rings is 1. The number of nitrogens with one attached hydrogen (secondary N) is 2. The van der Waals surface area contributed by atoms with E-state index in [1.807, 2.05) is 0 Å². The molecule has 0 spiro atoms. The SMILES string of the molecule is O=C(NCc1ccccc1)NCc1nccc(-c2ccc(C(F)(F)F)cc2)c1C(F)(F)F. The van der Waals surface area contributed by atoms with Crippen molar-refractivity contribution in [3.05, 3.63) is 89.2 Å². The number of carbonyl (C=O) groups excluding carboxylic acids is 1. The first kappa shape index (κ1) is 23.1. The highest BCUT2D eigenvalue weighted by molar-refractivity contribution is 5.74. The molecule has 0 aliphatic heterocycles. The van der Waals surface area contributed by atoms with Crippen molar-refractivity contribution in [3.8, 4) is 11.1 Å². The van der Waals surface area contributed by atoms with Crippen LogP contribution in [0.25, 0.3) is 11.1 Å². The van der Waals surface area contributed by atoms with Gasteiger partial charge >= 0.3 is 18.4 Å². The van der Waals surface area contributed by atoms with E-state index in [4.69, 9.17) is 0 Å². The zero-order valence-electron chi connectivity index (χ0n) is 16.4. The highest BCUT2D eigenvalue weighted by atomic mass is 19.4. The normalized spacial score (nSPS) is 11.8. The molecule has 0 radical (unpaired) electrons. The number of nitrogens with zero attached hydrogens (tertiary/aromatic N) is 1. The maximum absolute atomic E-state index is 13.8. The van der Waals surface area contributed by atoms with E-state index in [1.165, 1.54) is 0 Å². The summed E-state index contributed by atoms with van der Waals surface area (Å²) in [6, 6.07) is 12.7. The number of benzene rings is 2. The Morgan fingerprint density at radius 3 is 2.00 bits per heavy atom. The van der Waals surface area contributed by atoms with Gasteiger partial charge in [-0.05, 0) is 34.9 Å². The lowest BCUT2D eigenvalue weighted by Gasteiger charge is -2.18. The van der Waals surface area contributed by atoms with Gasteiger partial charge in [-0.2, -0.15) is 26.3 Å². The van der Waals surface area contributed by atoms with Crippen LogP contribution in [0.1, 0.15) is 22.4 Å². The van der Waals surface area contributed by atoms with Gasteiger partial charge in [-0.25, -0.2) is 4.79 Å². The summed E-state index contributed by atoms with van der Waals surface area (Å²) in [5.41, 5.74) is -2.13. The van der Waals surface area contributed by atoms with Gasteiger partial charge in [-0.1, -0.05) is 42.5 Å². The van der Waals surface area contributed by atoms with E-state index in [1.54, 1.807) is 30.3 Å². The largest absolute Gasteiger partial charge is 0.418 e. The predicted molar refractivity (Wildman–Crippen MR) is 105 cm³/mol. The van der Waals surface area contributed by atoms with E-state index in [0.717, 1.165) is 30.0 Å². The summed E-state index contributed by atoms with van der Waals surface area (Å²) in [5, 5.41) is 4.86. The molecule has 2 amide bonds. The van der Waals surface area contributed by atoms with Crippen LogP contribution in [0.4, 0.5) is 31.1 Å². The number of hydrogen-bond donors (Lipinski definition) is 2. The molecule has 1 aromatic heterocycles. The molecule has 1 heterocycles. The zero-order valence-corrected chi connectivity index (χ0v) is 16.4. The first-order valence-corrected chi connectivity index (χ1v) is 9.34. The molecular formula is C22H17F6N3O. The van der Waals surface area contributed by atoms with Crippen LogP contribution in [0.15, 0.2) is 66.9 Å². The summed E-state index contributed by atoms with van der Waals surface area (Å²) in [6.45, 7) is -0.345. The van der Waals surface area contributed by atoms with Gasteiger partial charge < -0.3 is 10.6 Å². The van der Waals surface area contributed by atoms with Crippen molar-refractivity contribution in [3.63, 3.8) is 0 Å². The number of alkyl halides is 6. The molecule has 0 aliphatic carbocycles. The molecule has 0 fully saturated rings. The molecule has 2 N–H and O–H groups in total. The molecule has 0 unspecified atom stereocenters. The van der Waals surface area contributed by atoms with Crippen LogP contribution in [0.3, 0.4) is 0 Å². The fourth-order valence-corrected chi connectivity index (χ4v) is 3.04. The summed E-state index contributed by atoms with van der Waals surface area (Å²) in [6.07, 6.45) is -8.34. The van der Waals surface area contributed by atoms with Gasteiger partial charge in [0.1, 0.15) is 0 Å². The van der Waals surface area contributed by atoms with Gasteiger partial charge in [-0.15, -0.1) is 0 Å². The molecule has 2 aromatic carbocycles. The zero-order chi connectivity index (χ0) is 23.4. The van der Waals surface area contributed by atoms with Crippen LogP contribution in [0, 0.1) is 0 Å². The lowest BCUT2D eigenvalue weighted by molar-refractivity contribution is -0.138. The molecule has 0 aliphatic rings. The predicted octanol–water partition coefficient (Wildman–Crippen LogP) is 5.79. The maximum Gasteiger partial charge on any atom is 0.418 e. The van der Waals surface area contributed by atoms with Crippen LogP contribution in [-0.4, -0.2) is 11.0 Å². The molecule has 3 rings (SSSR count). The Balaban J connectivity index is 1.80. The summed E-state index contributed by atoms with van der Waals surface area (Å²) in [7, 11) is 0. The van der Waals surface area contributed by atoms with Gasteiger partial charge in [0.25, 0.3) is 0 Å². The summed E-state index contributed by atoms with van der Waals surface area (Å²) in [4.78, 5) is 15.7. The summed E-state index contributed by atoms with van der Waals surface area (Å²) in [5.74, 6) is 0. The number of aromatic nitrogens is 1. The average molecular weight is 453 g/mol. The van der Waals surface area contributed by atoms with E-state index in [9.17, 15) is 31.1 Å². The highest BCUT2D eigenvalue weighted by Gasteiger charge is 2.37. The monoisotopic (exact) mass is 453 g/mol. The second-order valence-corrected chi connectivity index (χ2v) is 6.77. The van der Waals surface area contributed by atoms with E-state index < -0.39 is 41.7 Å². The minimum Gasteiger partial charge on any atom is -0.334 e. The third-order valence-electron chi connectivity index (χ3n) is 4.55. The minimum absolute atomic E-state index is 0.0532. The van der Waals surface area contributed by atoms with Crippen molar-refractivity contribution in [2.45, 2.75) is 25.4 Å². The molecule has 0 saturated heterocycles. The number of hydrogen-bond acceptors (Lipinski definition) is 2. The van der Waals surface area contributed by atoms with Crippen LogP contribution in [-0.2, 0) is 25.4 Å². The molecule has 4 nitrogen and oxygen atoms in total. The highest BCUT2D eigenvalue weighted by Crippen LogP contribution is 2.39. The van der Waals surface area contributed by atoms with Gasteiger partial charge in [-0.3, -0.25) is 4.98 Å². The Bertz CT molecular complexity index is 1060. The molecule has 32 heavy (non-hydrogen) atoms. The summed E-state index contributed by atoms with van der Waals surface area (Å²) >= 11 is 0. The van der Waals surface area contributed by atoms with Gasteiger partial charge in [0.15, 0.2) is 0 Å². The minimum atomic E-state index is -4.84. The van der Waals surface area contributed by atoms with Gasteiger partial charge in [0.05, 0.1) is 23.4 Å². The Hall–Kier alpha value is -3.56. The Morgan fingerprint density at radius 2 is 1.41 bits per heavy atom. The van der Waals surface area contributed by atoms with Crippen LogP contribution >= 0.6 is 0 Å². The van der Waals surface area contributed by atoms with Gasteiger partial charge in [0.2, 0.25) is 0 Å². The second-order valence-electron chi connectivity index (χ2n) is 6.77. The number of carbonyl (C=O) groups is 1. The molecular weight excluding hydrogens is 436 g/mol. The lowest BCUT2D eigenvalue weighted by Crippen LogP contribution is -2.35. The van der Waals surface area contributed by atoms with E-state index in [0.29, 0.717) is 12.1 Å². The Labute approximate surface area is 179 Å². The fraction of sp³-hybridized carbons (Fsp3) is 0.182.